The van der Waals surface area contributed by atoms with Gasteiger partial charge in [0.15, 0.2) is 5.69 Å². The van der Waals surface area contributed by atoms with Crippen LogP contribution in [0.3, 0.4) is 0 Å². The quantitative estimate of drug-likeness (QED) is 0.735. The van der Waals surface area contributed by atoms with Crippen LogP contribution in [0.15, 0.2) is 28.9 Å². The first-order chi connectivity index (χ1) is 14.2. The van der Waals surface area contributed by atoms with Crippen molar-refractivity contribution in [3.8, 4) is 5.75 Å². The second kappa shape index (κ2) is 9.39. The number of benzene rings is 1. The number of ether oxygens (including phenoxy) is 1. The monoisotopic (exact) mass is 398 g/mol. The van der Waals surface area contributed by atoms with Gasteiger partial charge in [0.05, 0.1) is 6.61 Å². The second-order valence-electron chi connectivity index (χ2n) is 8.06. The predicted molar refractivity (Wildman–Crippen MR) is 109 cm³/mol. The summed E-state index contributed by atoms with van der Waals surface area (Å²) in [4.78, 5) is 17.5. The lowest BCUT2D eigenvalue weighted by Crippen LogP contribution is -2.46. The van der Waals surface area contributed by atoms with E-state index in [0.717, 1.165) is 38.1 Å². The van der Waals surface area contributed by atoms with Crippen molar-refractivity contribution in [3.05, 3.63) is 41.2 Å². The molecule has 2 bridgehead atoms. The van der Waals surface area contributed by atoms with Gasteiger partial charge in [0, 0.05) is 25.7 Å². The SMILES string of the molecule is Cc1nonc1C(=O)N1CCCOc2cccc(c2)CCC2CCCCN2CC1. The van der Waals surface area contributed by atoms with E-state index in [9.17, 15) is 4.79 Å². The van der Waals surface area contributed by atoms with Gasteiger partial charge >= 0.3 is 0 Å². The number of rotatable bonds is 1. The molecule has 3 heterocycles. The average Bonchev–Trinajstić information content (AvgIpc) is 3.17. The van der Waals surface area contributed by atoms with Gasteiger partial charge in [-0.3, -0.25) is 9.69 Å². The van der Waals surface area contributed by atoms with Crippen LogP contribution < -0.4 is 4.74 Å². The zero-order valence-electron chi connectivity index (χ0n) is 17.2. The Bertz CT molecular complexity index is 822. The zero-order valence-corrected chi connectivity index (χ0v) is 17.2. The molecule has 156 valence electrons. The molecule has 7 nitrogen and oxygen atoms in total. The Morgan fingerprint density at radius 3 is 2.86 bits per heavy atom. The van der Waals surface area contributed by atoms with Crippen molar-refractivity contribution >= 4 is 5.91 Å². The summed E-state index contributed by atoms with van der Waals surface area (Å²) < 4.78 is 10.7. The number of fused-ring (bicyclic) bond motifs is 3. The van der Waals surface area contributed by atoms with Crippen LogP contribution in [-0.2, 0) is 6.42 Å². The highest BCUT2D eigenvalue weighted by Gasteiger charge is 2.26. The summed E-state index contributed by atoms with van der Waals surface area (Å²) in [5.74, 6) is 0.806. The number of hydrogen-bond donors (Lipinski definition) is 0. The summed E-state index contributed by atoms with van der Waals surface area (Å²) in [6.07, 6.45) is 6.73. The van der Waals surface area contributed by atoms with Crippen LogP contribution >= 0.6 is 0 Å². The average molecular weight is 399 g/mol. The summed E-state index contributed by atoms with van der Waals surface area (Å²) >= 11 is 0. The smallest absolute Gasteiger partial charge is 0.278 e. The van der Waals surface area contributed by atoms with E-state index in [1.165, 1.54) is 24.8 Å². The molecule has 2 aliphatic rings. The van der Waals surface area contributed by atoms with Crippen LogP contribution in [0.25, 0.3) is 0 Å². The normalized spacial score (nSPS) is 21.7. The van der Waals surface area contributed by atoms with Crippen molar-refractivity contribution < 1.29 is 14.2 Å². The molecule has 1 amide bonds. The number of hydrogen-bond acceptors (Lipinski definition) is 6. The summed E-state index contributed by atoms with van der Waals surface area (Å²) in [6.45, 7) is 5.65. The fraction of sp³-hybridized carbons (Fsp3) is 0.591. The molecule has 1 saturated heterocycles. The molecule has 4 rings (SSSR count). The van der Waals surface area contributed by atoms with E-state index >= 15 is 0 Å². The van der Waals surface area contributed by atoms with Gasteiger partial charge in [-0.1, -0.05) is 23.7 Å². The molecule has 29 heavy (non-hydrogen) atoms. The topological polar surface area (TPSA) is 71.7 Å². The van der Waals surface area contributed by atoms with Gasteiger partial charge in [-0.15, -0.1) is 0 Å². The van der Waals surface area contributed by atoms with Gasteiger partial charge in [0.25, 0.3) is 5.91 Å². The van der Waals surface area contributed by atoms with Crippen LogP contribution in [0.1, 0.15) is 53.8 Å². The van der Waals surface area contributed by atoms with E-state index in [1.54, 1.807) is 6.92 Å². The van der Waals surface area contributed by atoms with E-state index in [1.807, 2.05) is 11.0 Å². The number of piperidine rings is 1. The summed E-state index contributed by atoms with van der Waals surface area (Å²) in [5, 5.41) is 7.59. The van der Waals surface area contributed by atoms with Crippen LogP contribution in [0.2, 0.25) is 0 Å². The summed E-state index contributed by atoms with van der Waals surface area (Å²) in [7, 11) is 0. The Labute approximate surface area is 172 Å². The summed E-state index contributed by atoms with van der Waals surface area (Å²) in [6, 6.07) is 9.01. The molecule has 0 spiro atoms. The fourth-order valence-corrected chi connectivity index (χ4v) is 4.39. The van der Waals surface area contributed by atoms with E-state index in [2.05, 4.69) is 33.4 Å². The molecule has 2 aliphatic heterocycles. The minimum absolute atomic E-state index is 0.105. The largest absolute Gasteiger partial charge is 0.494 e. The molecule has 0 N–H and O–H groups in total. The lowest BCUT2D eigenvalue weighted by atomic mass is 9.95. The third-order valence-corrected chi connectivity index (χ3v) is 6.05. The fourth-order valence-electron chi connectivity index (χ4n) is 4.39. The lowest BCUT2D eigenvalue weighted by Gasteiger charge is -2.37. The van der Waals surface area contributed by atoms with Crippen LogP contribution in [0.4, 0.5) is 0 Å². The van der Waals surface area contributed by atoms with Crippen LogP contribution in [0.5, 0.6) is 5.75 Å². The third-order valence-electron chi connectivity index (χ3n) is 6.05. The molecule has 1 aromatic carbocycles. The highest BCUT2D eigenvalue weighted by atomic mass is 16.6. The maximum absolute atomic E-state index is 13.0. The Morgan fingerprint density at radius 2 is 2.00 bits per heavy atom. The Hall–Kier alpha value is -2.41. The molecular weight excluding hydrogens is 368 g/mol. The van der Waals surface area contributed by atoms with Gasteiger partial charge in [0.1, 0.15) is 11.4 Å². The lowest BCUT2D eigenvalue weighted by molar-refractivity contribution is 0.0672. The molecule has 0 radical (unpaired) electrons. The zero-order chi connectivity index (χ0) is 20.1. The molecule has 0 saturated carbocycles. The van der Waals surface area contributed by atoms with Crippen LogP contribution in [-0.4, -0.2) is 64.8 Å². The van der Waals surface area contributed by atoms with Crippen LogP contribution in [0, 0.1) is 6.92 Å². The Morgan fingerprint density at radius 1 is 1.07 bits per heavy atom. The molecular formula is C22H30N4O3. The van der Waals surface area contributed by atoms with Gasteiger partial charge in [-0.25, -0.2) is 4.63 Å². The number of amides is 1. The number of carbonyl (C=O) groups excluding carboxylic acids is 1. The van der Waals surface area contributed by atoms with E-state index in [4.69, 9.17) is 9.37 Å². The molecule has 1 atom stereocenters. The first-order valence-corrected chi connectivity index (χ1v) is 10.7. The van der Waals surface area contributed by atoms with Crippen molar-refractivity contribution in [2.75, 3.05) is 32.8 Å². The van der Waals surface area contributed by atoms with Gasteiger partial charge in [-0.2, -0.15) is 0 Å². The van der Waals surface area contributed by atoms with Crippen molar-refractivity contribution in [3.63, 3.8) is 0 Å². The molecule has 0 aliphatic carbocycles. The number of aryl methyl sites for hydroxylation is 2. The maximum Gasteiger partial charge on any atom is 0.278 e. The first-order valence-electron chi connectivity index (χ1n) is 10.7. The Balaban J connectivity index is 1.52. The van der Waals surface area contributed by atoms with Crippen molar-refractivity contribution in [2.24, 2.45) is 0 Å². The third kappa shape index (κ3) is 4.96. The number of carbonyl (C=O) groups is 1. The van der Waals surface area contributed by atoms with Gasteiger partial charge in [-0.05, 0) is 68.4 Å². The molecule has 1 unspecified atom stereocenters. The molecule has 1 fully saturated rings. The minimum Gasteiger partial charge on any atom is -0.494 e. The predicted octanol–water partition coefficient (Wildman–Crippen LogP) is 3.09. The minimum atomic E-state index is -0.105. The number of nitrogens with zero attached hydrogens (tertiary/aromatic N) is 4. The van der Waals surface area contributed by atoms with Gasteiger partial charge in [0.2, 0.25) is 0 Å². The van der Waals surface area contributed by atoms with E-state index < -0.39 is 0 Å². The first kappa shape index (κ1) is 19.9. The molecule has 7 heteroatoms. The van der Waals surface area contributed by atoms with Crippen molar-refractivity contribution in [1.29, 1.82) is 0 Å². The van der Waals surface area contributed by atoms with Gasteiger partial charge < -0.3 is 9.64 Å². The Kier molecular flexibility index (Phi) is 6.44. The van der Waals surface area contributed by atoms with E-state index in [-0.39, 0.29) is 5.91 Å². The second-order valence-corrected chi connectivity index (χ2v) is 8.06. The summed E-state index contributed by atoms with van der Waals surface area (Å²) in [5.41, 5.74) is 2.20. The molecule has 2 aromatic rings. The number of aromatic nitrogens is 2. The van der Waals surface area contributed by atoms with Crippen molar-refractivity contribution in [2.45, 2.75) is 51.5 Å². The highest BCUT2D eigenvalue weighted by molar-refractivity contribution is 5.93. The highest BCUT2D eigenvalue weighted by Crippen LogP contribution is 2.23. The van der Waals surface area contributed by atoms with Crippen molar-refractivity contribution in [1.82, 2.24) is 20.1 Å². The standard InChI is InChI=1S/C22H30N4O3/c1-17-21(24-29-23-17)22(27)26-12-5-15-28-20-8-4-6-18(16-20)9-10-19-7-2-3-11-25(19)13-14-26/h4,6,8,16,19H,2-3,5,7,9-15H2,1H3. The molecule has 1 aromatic heterocycles. The maximum atomic E-state index is 13.0. The van der Waals surface area contributed by atoms with E-state index in [0.29, 0.717) is 37.1 Å².